The van der Waals surface area contributed by atoms with E-state index in [0.717, 1.165) is 17.1 Å². The molecule has 0 radical (unpaired) electrons. The van der Waals surface area contributed by atoms with E-state index >= 15 is 0 Å². The third-order valence-electron chi connectivity index (χ3n) is 12.4. The van der Waals surface area contributed by atoms with Crippen molar-refractivity contribution in [3.8, 4) is 44.5 Å². The molecule has 1 aromatic heterocycles. The van der Waals surface area contributed by atoms with E-state index in [1.807, 2.05) is 11.3 Å². The van der Waals surface area contributed by atoms with Crippen LogP contribution >= 0.6 is 11.3 Å². The average Bonchev–Trinajstić information content (AvgIpc) is 3.68. The van der Waals surface area contributed by atoms with Crippen molar-refractivity contribution < 1.29 is 0 Å². The van der Waals surface area contributed by atoms with Crippen LogP contribution in [-0.2, 0) is 10.8 Å². The van der Waals surface area contributed by atoms with Crippen LogP contribution in [0.5, 0.6) is 0 Å². The summed E-state index contributed by atoms with van der Waals surface area (Å²) in [6.07, 6.45) is 0. The zero-order valence-corrected chi connectivity index (χ0v) is 37.2. The maximum absolute atomic E-state index is 2.52. The molecule has 0 fully saturated rings. The molecule has 10 rings (SSSR count). The zero-order chi connectivity index (χ0) is 42.6. The molecule has 10 aromatic rings. The number of nitrogens with zero attached hydrogens (tertiary/aromatic N) is 1. The summed E-state index contributed by atoms with van der Waals surface area (Å²) >= 11 is 1.88. The maximum Gasteiger partial charge on any atom is 0.0540 e. The number of hydrogen-bond donors (Lipinski definition) is 0. The Morgan fingerprint density at radius 1 is 0.371 bits per heavy atom. The van der Waals surface area contributed by atoms with E-state index in [1.165, 1.54) is 86.6 Å². The molecule has 0 aliphatic heterocycles. The molecule has 0 saturated heterocycles. The number of para-hydroxylation sites is 2. The molecule has 302 valence electrons. The molecular formula is C60H51NS. The second-order valence-electron chi connectivity index (χ2n) is 18.6. The van der Waals surface area contributed by atoms with Gasteiger partial charge in [-0.1, -0.05) is 211 Å². The predicted octanol–water partition coefficient (Wildman–Crippen LogP) is 17.9. The van der Waals surface area contributed by atoms with E-state index in [2.05, 4.69) is 247 Å². The summed E-state index contributed by atoms with van der Waals surface area (Å²) < 4.78 is 2.63. The highest BCUT2D eigenvalue weighted by molar-refractivity contribution is 7.26. The van der Waals surface area contributed by atoms with Crippen LogP contribution in [0.4, 0.5) is 17.1 Å². The monoisotopic (exact) mass is 817 g/mol. The maximum atomic E-state index is 2.52. The van der Waals surface area contributed by atoms with Crippen LogP contribution in [-0.4, -0.2) is 0 Å². The van der Waals surface area contributed by atoms with Crippen molar-refractivity contribution >= 4 is 59.3 Å². The Kier molecular flexibility index (Phi) is 9.93. The Hall–Kier alpha value is -6.74. The Morgan fingerprint density at radius 3 is 1.63 bits per heavy atom. The number of benzene rings is 9. The SMILES string of the molecule is CC(C)(C)c1cc(-c2ccccc2N(c2cccc(-c3cccc4c3sc3ccccc34)c2)c2ccccc2-c2cccc3cccc(-c4ccccc4)c23)cc(C(C)(C)C)c1. The molecule has 1 heterocycles. The Morgan fingerprint density at radius 2 is 0.903 bits per heavy atom. The lowest BCUT2D eigenvalue weighted by Gasteiger charge is -2.31. The van der Waals surface area contributed by atoms with Crippen molar-refractivity contribution in [2.45, 2.75) is 52.4 Å². The van der Waals surface area contributed by atoms with Crippen LogP contribution in [0, 0.1) is 0 Å². The third-order valence-corrected chi connectivity index (χ3v) is 13.6. The summed E-state index contributed by atoms with van der Waals surface area (Å²) in [5.41, 5.74) is 15.7. The molecule has 0 amide bonds. The highest BCUT2D eigenvalue weighted by atomic mass is 32.1. The molecular weight excluding hydrogens is 767 g/mol. The van der Waals surface area contributed by atoms with Crippen molar-refractivity contribution in [3.63, 3.8) is 0 Å². The van der Waals surface area contributed by atoms with Gasteiger partial charge in [-0.25, -0.2) is 0 Å². The van der Waals surface area contributed by atoms with Gasteiger partial charge in [0.25, 0.3) is 0 Å². The van der Waals surface area contributed by atoms with Gasteiger partial charge >= 0.3 is 0 Å². The molecule has 0 saturated carbocycles. The van der Waals surface area contributed by atoms with Gasteiger partial charge in [0.05, 0.1) is 11.4 Å². The smallest absolute Gasteiger partial charge is 0.0540 e. The first kappa shape index (κ1) is 39.4. The van der Waals surface area contributed by atoms with E-state index < -0.39 is 0 Å². The summed E-state index contributed by atoms with van der Waals surface area (Å²) in [7, 11) is 0. The van der Waals surface area contributed by atoms with Crippen LogP contribution in [0.1, 0.15) is 52.7 Å². The molecule has 0 aliphatic carbocycles. The van der Waals surface area contributed by atoms with Crippen molar-refractivity contribution in [3.05, 3.63) is 211 Å². The fraction of sp³-hybridized carbons (Fsp3) is 0.133. The van der Waals surface area contributed by atoms with Crippen molar-refractivity contribution in [1.29, 1.82) is 0 Å². The van der Waals surface area contributed by atoms with E-state index in [9.17, 15) is 0 Å². The predicted molar refractivity (Wildman–Crippen MR) is 271 cm³/mol. The number of anilines is 3. The topological polar surface area (TPSA) is 3.24 Å². The summed E-state index contributed by atoms with van der Waals surface area (Å²) in [6.45, 7) is 13.9. The molecule has 0 bridgehead atoms. The summed E-state index contributed by atoms with van der Waals surface area (Å²) in [6, 6.07) is 74.3. The average molecular weight is 818 g/mol. The zero-order valence-electron chi connectivity index (χ0n) is 36.4. The van der Waals surface area contributed by atoms with Gasteiger partial charge in [0, 0.05) is 37.0 Å². The van der Waals surface area contributed by atoms with Crippen LogP contribution in [0.3, 0.4) is 0 Å². The van der Waals surface area contributed by atoms with Gasteiger partial charge in [-0.2, -0.15) is 0 Å². The van der Waals surface area contributed by atoms with E-state index in [-0.39, 0.29) is 10.8 Å². The molecule has 0 atom stereocenters. The lowest BCUT2D eigenvalue weighted by Crippen LogP contribution is -2.17. The second kappa shape index (κ2) is 15.6. The number of hydrogen-bond acceptors (Lipinski definition) is 2. The molecule has 0 aliphatic rings. The molecule has 9 aromatic carbocycles. The van der Waals surface area contributed by atoms with Crippen molar-refractivity contribution in [1.82, 2.24) is 0 Å². The Labute approximate surface area is 370 Å². The van der Waals surface area contributed by atoms with Crippen LogP contribution < -0.4 is 4.90 Å². The minimum atomic E-state index is -0.0238. The first-order valence-corrected chi connectivity index (χ1v) is 22.6. The lowest BCUT2D eigenvalue weighted by molar-refractivity contribution is 0.569. The summed E-state index contributed by atoms with van der Waals surface area (Å²) in [5.74, 6) is 0. The highest BCUT2D eigenvalue weighted by Crippen LogP contribution is 2.49. The van der Waals surface area contributed by atoms with Crippen LogP contribution in [0.25, 0.3) is 75.5 Å². The standard InChI is InChI=1S/C60H51NS/c1-59(2,3)44-36-43(37-45(39-44)60(4,5)6)47-26-10-13-33-54(47)61(46-25-16-24-42(38-46)49-30-19-32-53-51-28-12-15-35-56(51)62-58(49)53)55-34-14-11-27-50(55)52-31-18-23-41-22-17-29-48(57(41)52)40-20-8-7-9-21-40/h7-39H,1-6H3. The van der Waals surface area contributed by atoms with Gasteiger partial charge in [0.15, 0.2) is 0 Å². The number of fused-ring (bicyclic) bond motifs is 4. The molecule has 0 unspecified atom stereocenters. The van der Waals surface area contributed by atoms with Gasteiger partial charge in [-0.3, -0.25) is 0 Å². The third kappa shape index (κ3) is 7.19. The largest absolute Gasteiger partial charge is 0.309 e. The quantitative estimate of drug-likeness (QED) is 0.155. The van der Waals surface area contributed by atoms with Crippen molar-refractivity contribution in [2.75, 3.05) is 4.90 Å². The Balaban J connectivity index is 1.25. The summed E-state index contributed by atoms with van der Waals surface area (Å²) in [4.78, 5) is 2.52. The van der Waals surface area contributed by atoms with Crippen LogP contribution in [0.15, 0.2) is 200 Å². The fourth-order valence-electron chi connectivity index (χ4n) is 9.08. The molecule has 1 nitrogen and oxygen atoms in total. The van der Waals surface area contributed by atoms with Gasteiger partial charge in [-0.15, -0.1) is 11.3 Å². The van der Waals surface area contributed by atoms with Crippen LogP contribution in [0.2, 0.25) is 0 Å². The minimum absolute atomic E-state index is 0.0238. The molecule has 62 heavy (non-hydrogen) atoms. The van der Waals surface area contributed by atoms with E-state index in [0.29, 0.717) is 0 Å². The fourth-order valence-corrected chi connectivity index (χ4v) is 10.3. The van der Waals surface area contributed by atoms with E-state index in [1.54, 1.807) is 0 Å². The number of rotatable bonds is 7. The normalized spacial score (nSPS) is 12.0. The first-order chi connectivity index (χ1) is 30.0. The molecule has 2 heteroatoms. The van der Waals surface area contributed by atoms with E-state index in [4.69, 9.17) is 0 Å². The number of thiophene rings is 1. The van der Waals surface area contributed by atoms with Gasteiger partial charge in [-0.05, 0) is 96.4 Å². The first-order valence-electron chi connectivity index (χ1n) is 21.8. The highest BCUT2D eigenvalue weighted by Gasteiger charge is 2.26. The Bertz CT molecular complexity index is 3230. The summed E-state index contributed by atoms with van der Waals surface area (Å²) in [5, 5.41) is 5.09. The second-order valence-corrected chi connectivity index (χ2v) is 19.6. The van der Waals surface area contributed by atoms with Gasteiger partial charge in [0.2, 0.25) is 0 Å². The van der Waals surface area contributed by atoms with Gasteiger partial charge in [0.1, 0.15) is 0 Å². The minimum Gasteiger partial charge on any atom is -0.309 e. The molecule has 0 spiro atoms. The van der Waals surface area contributed by atoms with Crippen molar-refractivity contribution in [2.24, 2.45) is 0 Å². The lowest BCUT2D eigenvalue weighted by atomic mass is 9.78. The van der Waals surface area contributed by atoms with Gasteiger partial charge < -0.3 is 4.90 Å². The molecule has 0 N–H and O–H groups in total.